The maximum absolute atomic E-state index is 12.4. The van der Waals surface area contributed by atoms with Gasteiger partial charge in [-0.25, -0.2) is 9.97 Å². The molecule has 1 aromatic carbocycles. The van der Waals surface area contributed by atoms with Crippen molar-refractivity contribution >= 4 is 50.2 Å². The molecule has 28 heavy (non-hydrogen) atoms. The van der Waals surface area contributed by atoms with Crippen molar-refractivity contribution in [1.82, 2.24) is 15.0 Å². The second-order valence-corrected chi connectivity index (χ2v) is 9.03. The van der Waals surface area contributed by atoms with Gasteiger partial charge in [-0.3, -0.25) is 4.79 Å². The average Bonchev–Trinajstić information content (AvgIpc) is 3.11. The largest absolute Gasteiger partial charge is 0.348 e. The van der Waals surface area contributed by atoms with Crippen LogP contribution in [0.2, 0.25) is 0 Å². The quantitative estimate of drug-likeness (QED) is 0.493. The molecule has 1 aliphatic rings. The molecule has 1 amide bonds. The Bertz CT molecular complexity index is 977. The topological polar surface area (TPSA) is 71.0 Å². The molecule has 6 nitrogen and oxygen atoms in total. The molecule has 2 aromatic heterocycles. The van der Waals surface area contributed by atoms with E-state index in [0.717, 1.165) is 50.4 Å². The van der Waals surface area contributed by atoms with E-state index in [0.29, 0.717) is 5.75 Å². The number of carbonyl (C=O) groups excluding carboxylic acids is 1. The van der Waals surface area contributed by atoms with Crippen LogP contribution >= 0.6 is 23.1 Å². The zero-order valence-electron chi connectivity index (χ0n) is 16.1. The van der Waals surface area contributed by atoms with Crippen molar-refractivity contribution in [3.8, 4) is 0 Å². The predicted octanol–water partition coefficient (Wildman–Crippen LogP) is 4.42. The molecule has 0 atom stereocenters. The first kappa shape index (κ1) is 19.1. The Kier molecular flexibility index (Phi) is 5.77. The Hall–Kier alpha value is -2.19. The summed E-state index contributed by atoms with van der Waals surface area (Å²) >= 11 is 3.06. The number of benzene rings is 1. The average molecular weight is 414 g/mol. The van der Waals surface area contributed by atoms with Crippen molar-refractivity contribution in [3.05, 3.63) is 35.7 Å². The highest BCUT2D eigenvalue weighted by Gasteiger charge is 2.18. The molecule has 146 valence electrons. The van der Waals surface area contributed by atoms with E-state index in [1.807, 2.05) is 26.0 Å². The molecule has 0 spiro atoms. The summed E-state index contributed by atoms with van der Waals surface area (Å²) in [6.45, 7) is 6.15. The van der Waals surface area contributed by atoms with E-state index in [-0.39, 0.29) is 5.91 Å². The highest BCUT2D eigenvalue weighted by Crippen LogP contribution is 2.34. The van der Waals surface area contributed by atoms with Gasteiger partial charge in [0.15, 0.2) is 10.8 Å². The number of aromatic nitrogens is 3. The zero-order chi connectivity index (χ0) is 19.5. The number of rotatable bonds is 5. The number of nitrogens with zero attached hydrogens (tertiary/aromatic N) is 4. The Morgan fingerprint density at radius 1 is 1.14 bits per heavy atom. The van der Waals surface area contributed by atoms with Crippen molar-refractivity contribution in [2.45, 2.75) is 38.1 Å². The van der Waals surface area contributed by atoms with Gasteiger partial charge in [0.1, 0.15) is 16.1 Å². The molecule has 4 rings (SSSR count). The van der Waals surface area contributed by atoms with Gasteiger partial charge in [0.2, 0.25) is 5.91 Å². The fourth-order valence-corrected chi connectivity index (χ4v) is 5.37. The highest BCUT2D eigenvalue weighted by atomic mass is 32.2. The lowest BCUT2D eigenvalue weighted by Gasteiger charge is -2.25. The number of anilines is 2. The molecule has 3 heterocycles. The van der Waals surface area contributed by atoms with Gasteiger partial charge in [-0.2, -0.15) is 4.98 Å². The lowest BCUT2D eigenvalue weighted by Crippen LogP contribution is -2.29. The summed E-state index contributed by atoms with van der Waals surface area (Å²) < 4.78 is 0.965. The fraction of sp³-hybridized carbons (Fsp3) is 0.400. The van der Waals surface area contributed by atoms with Crippen LogP contribution in [-0.4, -0.2) is 39.7 Å². The van der Waals surface area contributed by atoms with E-state index in [4.69, 9.17) is 4.98 Å². The van der Waals surface area contributed by atoms with Crippen LogP contribution in [0.5, 0.6) is 0 Å². The maximum atomic E-state index is 12.4. The number of fused-ring (bicyclic) bond motifs is 1. The summed E-state index contributed by atoms with van der Waals surface area (Å²) in [5, 5.41) is 4.81. The number of hydrogen-bond donors (Lipinski definition) is 1. The molecule has 0 aliphatic carbocycles. The van der Waals surface area contributed by atoms with Gasteiger partial charge in [-0.15, -0.1) is 0 Å². The molecule has 0 radical (unpaired) electrons. The van der Waals surface area contributed by atoms with Gasteiger partial charge < -0.3 is 10.2 Å². The second kappa shape index (κ2) is 8.45. The number of thioether (sulfide) groups is 1. The summed E-state index contributed by atoms with van der Waals surface area (Å²) in [5.41, 5.74) is 3.82. The van der Waals surface area contributed by atoms with Crippen LogP contribution in [0.1, 0.15) is 30.4 Å². The summed E-state index contributed by atoms with van der Waals surface area (Å²) in [6.07, 6.45) is 5.24. The number of thiazole rings is 1. The monoisotopic (exact) mass is 413 g/mol. The van der Waals surface area contributed by atoms with Gasteiger partial charge in [0.05, 0.1) is 5.75 Å². The second-order valence-electron chi connectivity index (χ2n) is 7.09. The Morgan fingerprint density at radius 2 is 1.89 bits per heavy atom. The Labute approximate surface area is 172 Å². The van der Waals surface area contributed by atoms with Crippen LogP contribution in [-0.2, 0) is 4.79 Å². The molecule has 0 unspecified atom stereocenters. The number of hydrogen-bond acceptors (Lipinski definition) is 7. The maximum Gasteiger partial charge on any atom is 0.234 e. The van der Waals surface area contributed by atoms with Gasteiger partial charge in [-0.1, -0.05) is 29.2 Å². The number of piperidine rings is 1. The molecule has 1 N–H and O–H groups in total. The normalized spacial score (nSPS) is 14.4. The van der Waals surface area contributed by atoms with Gasteiger partial charge in [0.25, 0.3) is 0 Å². The van der Waals surface area contributed by atoms with Gasteiger partial charge in [-0.05, 0) is 56.4 Å². The number of amides is 1. The molecule has 0 bridgehead atoms. The minimum atomic E-state index is -0.0393. The summed E-state index contributed by atoms with van der Waals surface area (Å²) in [4.78, 5) is 28.1. The van der Waals surface area contributed by atoms with Crippen LogP contribution in [0.3, 0.4) is 0 Å². The van der Waals surface area contributed by atoms with E-state index >= 15 is 0 Å². The molecule has 1 aliphatic heterocycles. The first-order valence-corrected chi connectivity index (χ1v) is 11.3. The number of aryl methyl sites for hydroxylation is 2. The van der Waals surface area contributed by atoms with Gasteiger partial charge in [0, 0.05) is 18.8 Å². The van der Waals surface area contributed by atoms with Crippen LogP contribution in [0, 0.1) is 13.8 Å². The Morgan fingerprint density at radius 3 is 2.64 bits per heavy atom. The smallest absolute Gasteiger partial charge is 0.234 e. The van der Waals surface area contributed by atoms with E-state index in [1.165, 1.54) is 37.4 Å². The van der Waals surface area contributed by atoms with E-state index in [2.05, 4.69) is 26.3 Å². The van der Waals surface area contributed by atoms with Crippen molar-refractivity contribution in [2.24, 2.45) is 0 Å². The zero-order valence-corrected chi connectivity index (χ0v) is 17.7. The molecular formula is C20H23N5OS2. The predicted molar refractivity (Wildman–Crippen MR) is 117 cm³/mol. The molecule has 1 fully saturated rings. The molecule has 8 heteroatoms. The van der Waals surface area contributed by atoms with Crippen LogP contribution in [0.4, 0.5) is 10.8 Å². The van der Waals surface area contributed by atoms with E-state index in [1.54, 1.807) is 11.3 Å². The van der Waals surface area contributed by atoms with Crippen molar-refractivity contribution in [3.63, 3.8) is 0 Å². The third-order valence-corrected chi connectivity index (χ3v) is 6.85. The lowest BCUT2D eigenvalue weighted by atomic mass is 10.1. The molecular weight excluding hydrogens is 390 g/mol. The van der Waals surface area contributed by atoms with Crippen molar-refractivity contribution < 1.29 is 4.79 Å². The fourth-order valence-electron chi connectivity index (χ4n) is 3.42. The highest BCUT2D eigenvalue weighted by molar-refractivity contribution is 8.00. The summed E-state index contributed by atoms with van der Waals surface area (Å²) in [7, 11) is 0. The lowest BCUT2D eigenvalue weighted by molar-refractivity contribution is -0.113. The Balaban J connectivity index is 1.45. The van der Waals surface area contributed by atoms with Crippen LogP contribution < -0.4 is 10.2 Å². The standard InChI is InChI=1S/C20H23N5OS2/c1-13-8-14(2)10-15(9-13)23-16(26)11-27-19-17-18(21-12-22-19)24-20(28-17)25-6-4-3-5-7-25/h8-10,12H,3-7,11H2,1-2H3,(H,23,26). The van der Waals surface area contributed by atoms with Crippen LogP contribution in [0.25, 0.3) is 10.3 Å². The van der Waals surface area contributed by atoms with Crippen molar-refractivity contribution in [2.75, 3.05) is 29.1 Å². The molecule has 0 saturated carbocycles. The number of carbonyl (C=O) groups is 1. The van der Waals surface area contributed by atoms with Gasteiger partial charge >= 0.3 is 0 Å². The minimum Gasteiger partial charge on any atom is -0.348 e. The van der Waals surface area contributed by atoms with E-state index in [9.17, 15) is 4.79 Å². The van der Waals surface area contributed by atoms with Crippen molar-refractivity contribution in [1.29, 1.82) is 0 Å². The molecule has 3 aromatic rings. The van der Waals surface area contributed by atoms with E-state index < -0.39 is 0 Å². The summed E-state index contributed by atoms with van der Waals surface area (Å²) in [5.74, 6) is 0.262. The first-order chi connectivity index (χ1) is 13.6. The SMILES string of the molecule is Cc1cc(C)cc(NC(=O)CSc2ncnc3nc(N4CCCCC4)sc23)c1. The number of nitrogens with one attached hydrogen (secondary N) is 1. The first-order valence-electron chi connectivity index (χ1n) is 9.46. The third-order valence-electron chi connectivity index (χ3n) is 4.62. The minimum absolute atomic E-state index is 0.0393. The summed E-state index contributed by atoms with van der Waals surface area (Å²) in [6, 6.07) is 6.05. The molecule has 1 saturated heterocycles. The third kappa shape index (κ3) is 4.44. The van der Waals surface area contributed by atoms with Crippen LogP contribution in [0.15, 0.2) is 29.6 Å².